The fourth-order valence-corrected chi connectivity index (χ4v) is 3.70. The Labute approximate surface area is 118 Å². The maximum Gasteiger partial charge on any atom is 0.0874 e. The predicted octanol–water partition coefficient (Wildman–Crippen LogP) is 4.30. The standard InChI is InChI=1S/C15H12ClNOS/c1-10-15(19(18)12-5-3-2-4-6-12)13-8-7-11(16)9-14(13)17-10/h2-9,17H,1H3. The highest BCUT2D eigenvalue weighted by atomic mass is 35.5. The number of hydrogen-bond donors (Lipinski definition) is 1. The molecular weight excluding hydrogens is 278 g/mol. The molecule has 0 aliphatic rings. The third-order valence-electron chi connectivity index (χ3n) is 3.03. The number of aromatic nitrogens is 1. The number of fused-ring (bicyclic) bond motifs is 1. The van der Waals surface area contributed by atoms with Crippen molar-refractivity contribution in [2.24, 2.45) is 0 Å². The minimum Gasteiger partial charge on any atom is -0.358 e. The van der Waals surface area contributed by atoms with Crippen molar-refractivity contribution in [1.82, 2.24) is 4.98 Å². The molecule has 1 unspecified atom stereocenters. The van der Waals surface area contributed by atoms with E-state index >= 15 is 0 Å². The lowest BCUT2D eigenvalue weighted by Crippen LogP contribution is -1.93. The van der Waals surface area contributed by atoms with Crippen LogP contribution in [0.5, 0.6) is 0 Å². The second-order valence-corrected chi connectivity index (χ2v) is 6.20. The topological polar surface area (TPSA) is 32.9 Å². The SMILES string of the molecule is Cc1[nH]c2cc(Cl)ccc2c1S(=O)c1ccccc1. The number of halogens is 1. The van der Waals surface area contributed by atoms with E-state index in [0.29, 0.717) is 5.02 Å². The molecule has 0 aliphatic carbocycles. The molecule has 2 nitrogen and oxygen atoms in total. The lowest BCUT2D eigenvalue weighted by Gasteiger charge is -2.02. The van der Waals surface area contributed by atoms with E-state index < -0.39 is 10.8 Å². The van der Waals surface area contributed by atoms with Crippen molar-refractivity contribution in [3.05, 3.63) is 59.2 Å². The predicted molar refractivity (Wildman–Crippen MR) is 79.2 cm³/mol. The molecule has 19 heavy (non-hydrogen) atoms. The van der Waals surface area contributed by atoms with Crippen molar-refractivity contribution in [3.8, 4) is 0 Å². The lowest BCUT2D eigenvalue weighted by atomic mass is 10.2. The second kappa shape index (κ2) is 4.83. The van der Waals surface area contributed by atoms with Gasteiger partial charge in [0.15, 0.2) is 0 Å². The highest BCUT2D eigenvalue weighted by Gasteiger charge is 2.16. The number of hydrogen-bond acceptors (Lipinski definition) is 1. The minimum absolute atomic E-state index is 0.672. The van der Waals surface area contributed by atoms with Crippen molar-refractivity contribution in [1.29, 1.82) is 0 Å². The van der Waals surface area contributed by atoms with Crippen LogP contribution in [0.3, 0.4) is 0 Å². The molecule has 1 N–H and O–H groups in total. The normalized spacial score (nSPS) is 12.7. The Balaban J connectivity index is 2.20. The van der Waals surface area contributed by atoms with Crippen molar-refractivity contribution < 1.29 is 4.21 Å². The first kappa shape index (κ1) is 12.5. The summed E-state index contributed by atoms with van der Waals surface area (Å²) in [6.07, 6.45) is 0. The highest BCUT2D eigenvalue weighted by Crippen LogP contribution is 2.30. The molecule has 0 aliphatic heterocycles. The molecule has 96 valence electrons. The molecule has 3 rings (SSSR count). The van der Waals surface area contributed by atoms with Crippen molar-refractivity contribution in [2.45, 2.75) is 16.7 Å². The van der Waals surface area contributed by atoms with Crippen LogP contribution in [0.15, 0.2) is 58.3 Å². The van der Waals surface area contributed by atoms with Gasteiger partial charge in [0.1, 0.15) is 0 Å². The number of aromatic amines is 1. The van der Waals surface area contributed by atoms with E-state index in [1.165, 1.54) is 0 Å². The van der Waals surface area contributed by atoms with Gasteiger partial charge in [-0.2, -0.15) is 0 Å². The first-order valence-corrected chi connectivity index (χ1v) is 7.44. The van der Waals surface area contributed by atoms with Crippen LogP contribution < -0.4 is 0 Å². The van der Waals surface area contributed by atoms with Crippen LogP contribution >= 0.6 is 11.6 Å². The van der Waals surface area contributed by atoms with E-state index in [-0.39, 0.29) is 0 Å². The van der Waals surface area contributed by atoms with Gasteiger partial charge in [-0.05, 0) is 31.2 Å². The number of benzene rings is 2. The van der Waals surface area contributed by atoms with Gasteiger partial charge in [-0.3, -0.25) is 0 Å². The molecule has 2 aromatic carbocycles. The largest absolute Gasteiger partial charge is 0.358 e. The zero-order valence-corrected chi connectivity index (χ0v) is 11.9. The second-order valence-electron chi connectivity index (χ2n) is 4.35. The van der Waals surface area contributed by atoms with Gasteiger partial charge in [-0.25, -0.2) is 4.21 Å². The third-order valence-corrected chi connectivity index (χ3v) is 4.86. The first-order valence-electron chi connectivity index (χ1n) is 5.91. The van der Waals surface area contributed by atoms with Crippen molar-refractivity contribution in [2.75, 3.05) is 0 Å². The summed E-state index contributed by atoms with van der Waals surface area (Å²) in [6, 6.07) is 15.1. The van der Waals surface area contributed by atoms with Gasteiger partial charge in [-0.1, -0.05) is 35.9 Å². The molecule has 0 fully saturated rings. The summed E-state index contributed by atoms with van der Waals surface area (Å²) < 4.78 is 12.7. The van der Waals surface area contributed by atoms with E-state index in [4.69, 9.17) is 11.6 Å². The Morgan fingerprint density at radius 3 is 2.58 bits per heavy atom. The van der Waals surface area contributed by atoms with Gasteiger partial charge in [0.25, 0.3) is 0 Å². The van der Waals surface area contributed by atoms with Crippen LogP contribution in [0.2, 0.25) is 5.02 Å². The average molecular weight is 290 g/mol. The zero-order chi connectivity index (χ0) is 13.4. The van der Waals surface area contributed by atoms with E-state index in [2.05, 4.69) is 4.98 Å². The quantitative estimate of drug-likeness (QED) is 0.750. The molecule has 3 aromatic rings. The molecule has 0 amide bonds. The van der Waals surface area contributed by atoms with Gasteiger partial charge in [0.2, 0.25) is 0 Å². The number of aryl methyl sites for hydroxylation is 1. The Hall–Kier alpha value is -1.58. The molecule has 0 saturated carbocycles. The fourth-order valence-electron chi connectivity index (χ4n) is 2.18. The molecule has 1 heterocycles. The fraction of sp³-hybridized carbons (Fsp3) is 0.0667. The smallest absolute Gasteiger partial charge is 0.0874 e. The maximum absolute atomic E-state index is 12.7. The third kappa shape index (κ3) is 2.20. The first-order chi connectivity index (χ1) is 9.16. The van der Waals surface area contributed by atoms with E-state index in [1.54, 1.807) is 0 Å². The number of rotatable bonds is 2. The number of nitrogens with one attached hydrogen (secondary N) is 1. The zero-order valence-electron chi connectivity index (χ0n) is 10.3. The maximum atomic E-state index is 12.7. The molecule has 0 radical (unpaired) electrons. The lowest BCUT2D eigenvalue weighted by molar-refractivity contribution is 0.683. The number of H-pyrrole nitrogens is 1. The Morgan fingerprint density at radius 2 is 1.84 bits per heavy atom. The van der Waals surface area contributed by atoms with Gasteiger partial charge in [0, 0.05) is 26.5 Å². The van der Waals surface area contributed by atoms with Crippen molar-refractivity contribution >= 4 is 33.3 Å². The Kier molecular flexibility index (Phi) is 3.17. The highest BCUT2D eigenvalue weighted by molar-refractivity contribution is 7.85. The van der Waals surface area contributed by atoms with E-state index in [1.807, 2.05) is 55.5 Å². The van der Waals surface area contributed by atoms with Crippen LogP contribution in [0.1, 0.15) is 5.69 Å². The van der Waals surface area contributed by atoms with Gasteiger partial charge < -0.3 is 4.98 Å². The molecular formula is C15H12ClNOS. The summed E-state index contributed by atoms with van der Waals surface area (Å²) in [7, 11) is -1.18. The molecule has 1 atom stereocenters. The Morgan fingerprint density at radius 1 is 1.11 bits per heavy atom. The van der Waals surface area contributed by atoms with Gasteiger partial charge >= 0.3 is 0 Å². The van der Waals surface area contributed by atoms with E-state index in [9.17, 15) is 4.21 Å². The monoisotopic (exact) mass is 289 g/mol. The average Bonchev–Trinajstić information content (AvgIpc) is 2.74. The summed E-state index contributed by atoms with van der Waals surface area (Å²) in [6.45, 7) is 1.93. The van der Waals surface area contributed by atoms with Crippen LogP contribution in [-0.2, 0) is 10.8 Å². The molecule has 0 saturated heterocycles. The molecule has 4 heteroatoms. The summed E-state index contributed by atoms with van der Waals surface area (Å²) >= 11 is 5.98. The minimum atomic E-state index is -1.18. The van der Waals surface area contributed by atoms with E-state index in [0.717, 1.165) is 26.4 Å². The van der Waals surface area contributed by atoms with Gasteiger partial charge in [0.05, 0.1) is 15.7 Å². The molecule has 0 bridgehead atoms. The molecule has 1 aromatic heterocycles. The summed E-state index contributed by atoms with van der Waals surface area (Å²) in [4.78, 5) is 4.88. The van der Waals surface area contributed by atoms with Crippen LogP contribution in [0, 0.1) is 6.92 Å². The van der Waals surface area contributed by atoms with Crippen LogP contribution in [-0.4, -0.2) is 9.19 Å². The Bertz CT molecular complexity index is 764. The molecule has 0 spiro atoms. The van der Waals surface area contributed by atoms with Gasteiger partial charge in [-0.15, -0.1) is 0 Å². The summed E-state index contributed by atoms with van der Waals surface area (Å²) in [5.74, 6) is 0. The van der Waals surface area contributed by atoms with Crippen molar-refractivity contribution in [3.63, 3.8) is 0 Å². The van der Waals surface area contributed by atoms with Crippen LogP contribution in [0.25, 0.3) is 10.9 Å². The summed E-state index contributed by atoms with van der Waals surface area (Å²) in [5, 5.41) is 1.63. The van der Waals surface area contributed by atoms with Crippen LogP contribution in [0.4, 0.5) is 0 Å². The summed E-state index contributed by atoms with van der Waals surface area (Å²) in [5.41, 5.74) is 1.84.